The molecule has 2 heteroatoms. The topological polar surface area (TPSA) is 37.3 Å². The minimum atomic E-state index is -0.132. The first kappa shape index (κ1) is 21.7. The minimum absolute atomic E-state index is 0.0417. The maximum Gasteiger partial charge on any atom is 0.162 e. The predicted molar refractivity (Wildman–Crippen MR) is 114 cm³/mol. The van der Waals surface area contributed by atoms with Gasteiger partial charge >= 0.3 is 0 Å². The van der Waals surface area contributed by atoms with Crippen molar-refractivity contribution in [2.75, 3.05) is 0 Å². The molecule has 0 aromatic heterocycles. The van der Waals surface area contributed by atoms with E-state index in [0.717, 1.165) is 36.0 Å². The lowest BCUT2D eigenvalue weighted by molar-refractivity contribution is -0.121. The predicted octanol–water partition coefficient (Wildman–Crippen LogP) is 6.38. The van der Waals surface area contributed by atoms with Crippen molar-refractivity contribution in [1.82, 2.24) is 0 Å². The van der Waals surface area contributed by atoms with Gasteiger partial charge in [-0.05, 0) is 64.7 Å². The smallest absolute Gasteiger partial charge is 0.162 e. The number of benzene rings is 1. The molecule has 0 amide bonds. The van der Waals surface area contributed by atoms with E-state index in [1.165, 1.54) is 5.56 Å². The number of allylic oxidation sites excluding steroid dienone is 2. The number of phenolic OH excluding ortho intramolecular Hbond substituents is 1. The molecule has 0 saturated heterocycles. The second-order valence-electron chi connectivity index (χ2n) is 10.3. The molecule has 150 valence electrons. The molecule has 1 aliphatic rings. The molecule has 1 N–H and O–H groups in total. The zero-order chi connectivity index (χ0) is 20.6. The van der Waals surface area contributed by atoms with Gasteiger partial charge in [0.2, 0.25) is 0 Å². The number of hydrogen-bond donors (Lipinski definition) is 1. The molecule has 1 aromatic rings. The number of rotatable bonds is 4. The van der Waals surface area contributed by atoms with Crippen LogP contribution in [0.5, 0.6) is 5.75 Å². The van der Waals surface area contributed by atoms with Crippen LogP contribution in [0.4, 0.5) is 0 Å². The van der Waals surface area contributed by atoms with E-state index in [-0.39, 0.29) is 22.5 Å². The Balaban J connectivity index is 2.44. The quantitative estimate of drug-likeness (QED) is 0.667. The number of aromatic hydroxyl groups is 1. The third kappa shape index (κ3) is 4.83. The molecule has 1 aliphatic carbocycles. The summed E-state index contributed by atoms with van der Waals surface area (Å²) in [5.74, 6) is 1.05. The van der Waals surface area contributed by atoms with Crippen molar-refractivity contribution in [3.63, 3.8) is 0 Å². The summed E-state index contributed by atoms with van der Waals surface area (Å²) < 4.78 is 0. The normalized spacial score (nSPS) is 21.3. The van der Waals surface area contributed by atoms with E-state index in [2.05, 4.69) is 73.6 Å². The third-order valence-electron chi connectivity index (χ3n) is 5.89. The first-order chi connectivity index (χ1) is 12.4. The highest BCUT2D eigenvalue weighted by molar-refractivity contribution is 5.99. The monoisotopic (exact) mass is 370 g/mol. The van der Waals surface area contributed by atoms with Crippen LogP contribution in [0.2, 0.25) is 0 Å². The lowest BCUT2D eigenvalue weighted by Gasteiger charge is -2.33. The Morgan fingerprint density at radius 1 is 1.04 bits per heavy atom. The first-order valence-electron chi connectivity index (χ1n) is 10.5. The molecular formula is C25H38O2. The summed E-state index contributed by atoms with van der Waals surface area (Å²) in [6.45, 7) is 17.1. The van der Waals surface area contributed by atoms with Crippen molar-refractivity contribution in [1.29, 1.82) is 0 Å². The van der Waals surface area contributed by atoms with Crippen LogP contribution in [0, 0.1) is 17.3 Å². The standard InChI is InChI=1S/C25H38O2/c1-9-16-11-18(22(26)20(13-16)24(3,4)5)15-19-12-17(10-2)14-21(23(19)27)25(6,7)8/h11,13-14,17,19,26H,9-10,12,15H2,1-8H3. The lowest BCUT2D eigenvalue weighted by atomic mass is 9.70. The van der Waals surface area contributed by atoms with Gasteiger partial charge in [-0.1, -0.05) is 73.6 Å². The molecule has 0 heterocycles. The highest BCUT2D eigenvalue weighted by atomic mass is 16.3. The van der Waals surface area contributed by atoms with Crippen LogP contribution < -0.4 is 0 Å². The van der Waals surface area contributed by atoms with Crippen molar-refractivity contribution < 1.29 is 9.90 Å². The summed E-state index contributed by atoms with van der Waals surface area (Å²) in [5, 5.41) is 11.0. The van der Waals surface area contributed by atoms with Crippen LogP contribution in [0.15, 0.2) is 23.8 Å². The number of Topliss-reactive ketones (excluding diaryl/α,β-unsaturated/α-hetero) is 1. The number of carbonyl (C=O) groups excluding carboxylic acids is 1. The SMILES string of the molecule is CCc1cc(CC2CC(CC)C=C(C(C)(C)C)C2=O)c(O)c(C(C)(C)C)c1. The third-order valence-corrected chi connectivity index (χ3v) is 5.89. The minimum Gasteiger partial charge on any atom is -0.507 e. The largest absolute Gasteiger partial charge is 0.507 e. The summed E-state index contributed by atoms with van der Waals surface area (Å²) in [5.41, 5.74) is 3.86. The zero-order valence-corrected chi connectivity index (χ0v) is 18.6. The van der Waals surface area contributed by atoms with E-state index >= 15 is 0 Å². The fourth-order valence-electron chi connectivity index (χ4n) is 4.12. The lowest BCUT2D eigenvalue weighted by Crippen LogP contribution is -2.32. The van der Waals surface area contributed by atoms with Crippen LogP contribution in [-0.4, -0.2) is 10.9 Å². The number of carbonyl (C=O) groups is 1. The van der Waals surface area contributed by atoms with Crippen LogP contribution in [-0.2, 0) is 23.1 Å². The van der Waals surface area contributed by atoms with E-state index in [1.54, 1.807) is 0 Å². The maximum absolute atomic E-state index is 13.2. The van der Waals surface area contributed by atoms with E-state index < -0.39 is 0 Å². The van der Waals surface area contributed by atoms with Crippen molar-refractivity contribution in [3.05, 3.63) is 40.5 Å². The molecule has 0 fully saturated rings. The van der Waals surface area contributed by atoms with Crippen molar-refractivity contribution in [2.45, 2.75) is 86.5 Å². The molecule has 2 rings (SSSR count). The molecule has 0 radical (unpaired) electrons. The molecule has 2 unspecified atom stereocenters. The van der Waals surface area contributed by atoms with E-state index in [4.69, 9.17) is 0 Å². The molecule has 1 aromatic carbocycles. The summed E-state index contributed by atoms with van der Waals surface area (Å²) in [7, 11) is 0. The average Bonchev–Trinajstić information content (AvgIpc) is 2.56. The van der Waals surface area contributed by atoms with Crippen LogP contribution >= 0.6 is 0 Å². The molecular weight excluding hydrogens is 332 g/mol. The van der Waals surface area contributed by atoms with Gasteiger partial charge in [-0.3, -0.25) is 4.79 Å². The molecule has 2 atom stereocenters. The van der Waals surface area contributed by atoms with Gasteiger partial charge in [0.25, 0.3) is 0 Å². The van der Waals surface area contributed by atoms with E-state index in [9.17, 15) is 9.90 Å². The van der Waals surface area contributed by atoms with Gasteiger partial charge < -0.3 is 5.11 Å². The number of ketones is 1. The Morgan fingerprint density at radius 2 is 1.67 bits per heavy atom. The highest BCUT2D eigenvalue weighted by Crippen LogP contribution is 2.41. The number of hydrogen-bond acceptors (Lipinski definition) is 2. The fraction of sp³-hybridized carbons (Fsp3) is 0.640. The van der Waals surface area contributed by atoms with Gasteiger partial charge in [-0.15, -0.1) is 0 Å². The Morgan fingerprint density at radius 3 is 2.15 bits per heavy atom. The van der Waals surface area contributed by atoms with Gasteiger partial charge in [-0.2, -0.15) is 0 Å². The molecule has 27 heavy (non-hydrogen) atoms. The van der Waals surface area contributed by atoms with Gasteiger partial charge in [0.05, 0.1) is 0 Å². The van der Waals surface area contributed by atoms with Gasteiger partial charge in [-0.25, -0.2) is 0 Å². The van der Waals surface area contributed by atoms with Crippen molar-refractivity contribution >= 4 is 5.78 Å². The molecule has 0 aliphatic heterocycles. The Labute approximate surface area is 166 Å². The molecule has 0 spiro atoms. The summed E-state index contributed by atoms with van der Waals surface area (Å²) in [6, 6.07) is 4.23. The summed E-state index contributed by atoms with van der Waals surface area (Å²) in [6.07, 6.45) is 5.71. The maximum atomic E-state index is 13.2. The highest BCUT2D eigenvalue weighted by Gasteiger charge is 2.35. The van der Waals surface area contributed by atoms with Gasteiger partial charge in [0.1, 0.15) is 5.75 Å². The van der Waals surface area contributed by atoms with Gasteiger partial charge in [0, 0.05) is 5.92 Å². The molecule has 0 saturated carbocycles. The Kier molecular flexibility index (Phi) is 6.29. The summed E-state index contributed by atoms with van der Waals surface area (Å²) in [4.78, 5) is 13.2. The van der Waals surface area contributed by atoms with Crippen LogP contribution in [0.25, 0.3) is 0 Å². The Hall–Kier alpha value is -1.57. The zero-order valence-electron chi connectivity index (χ0n) is 18.6. The Bertz CT molecular complexity index is 726. The van der Waals surface area contributed by atoms with E-state index in [0.29, 0.717) is 18.1 Å². The summed E-state index contributed by atoms with van der Waals surface area (Å²) >= 11 is 0. The molecule has 2 nitrogen and oxygen atoms in total. The second-order valence-corrected chi connectivity index (χ2v) is 10.3. The molecule has 0 bridgehead atoms. The number of phenols is 1. The number of aryl methyl sites for hydroxylation is 1. The second kappa shape index (κ2) is 7.81. The van der Waals surface area contributed by atoms with Crippen molar-refractivity contribution in [3.8, 4) is 5.75 Å². The van der Waals surface area contributed by atoms with Crippen LogP contribution in [0.1, 0.15) is 84.9 Å². The average molecular weight is 371 g/mol. The first-order valence-corrected chi connectivity index (χ1v) is 10.5. The fourth-order valence-corrected chi connectivity index (χ4v) is 4.12. The van der Waals surface area contributed by atoms with Crippen LogP contribution in [0.3, 0.4) is 0 Å². The van der Waals surface area contributed by atoms with E-state index in [1.807, 2.05) is 0 Å². The van der Waals surface area contributed by atoms with Crippen molar-refractivity contribution in [2.24, 2.45) is 17.3 Å². The van der Waals surface area contributed by atoms with Gasteiger partial charge in [0.15, 0.2) is 5.78 Å².